The summed E-state index contributed by atoms with van der Waals surface area (Å²) in [5.41, 5.74) is 8.85. The SMILES string of the molecule is C[Si]1(C)c2cc(N(c3ccccc3)c3cccc(-c4ccc5ccccc5c4)c3)ccc2-c2c1ccc1sc3ccccc3c21. The van der Waals surface area contributed by atoms with Gasteiger partial charge in [0.25, 0.3) is 0 Å². The number of benzene rings is 7. The second kappa shape index (κ2) is 10.0. The third-order valence-electron chi connectivity index (χ3n) is 9.62. The largest absolute Gasteiger partial charge is 0.310 e. The molecule has 0 bridgehead atoms. The first-order valence-electron chi connectivity index (χ1n) is 15.6. The Balaban J connectivity index is 1.22. The third-order valence-corrected chi connectivity index (χ3v) is 14.3. The Morgan fingerprint density at radius 1 is 0.489 bits per heavy atom. The van der Waals surface area contributed by atoms with E-state index in [9.17, 15) is 0 Å². The van der Waals surface area contributed by atoms with Crippen LogP contribution in [-0.4, -0.2) is 8.07 Å². The number of para-hydroxylation sites is 1. The lowest BCUT2D eigenvalue weighted by Gasteiger charge is -2.28. The van der Waals surface area contributed by atoms with Crippen LogP contribution >= 0.6 is 11.3 Å². The summed E-state index contributed by atoms with van der Waals surface area (Å²) >= 11 is 1.91. The summed E-state index contributed by atoms with van der Waals surface area (Å²) in [5.74, 6) is 0. The van der Waals surface area contributed by atoms with Crippen molar-refractivity contribution in [2.75, 3.05) is 4.90 Å². The molecular weight excluding hydrogens is 579 g/mol. The van der Waals surface area contributed by atoms with E-state index in [4.69, 9.17) is 0 Å². The van der Waals surface area contributed by atoms with Crippen LogP contribution in [0.5, 0.6) is 0 Å². The normalized spacial score (nSPS) is 13.3. The number of hydrogen-bond acceptors (Lipinski definition) is 2. The number of rotatable bonds is 4. The summed E-state index contributed by atoms with van der Waals surface area (Å²) in [5, 5.41) is 8.41. The van der Waals surface area contributed by atoms with Crippen molar-refractivity contribution in [3.8, 4) is 22.3 Å². The minimum absolute atomic E-state index is 1.16. The van der Waals surface area contributed by atoms with Gasteiger partial charge >= 0.3 is 0 Å². The van der Waals surface area contributed by atoms with Crippen LogP contribution in [0.25, 0.3) is 53.2 Å². The molecule has 214 valence electrons. The van der Waals surface area contributed by atoms with E-state index in [0.717, 1.165) is 11.4 Å². The highest BCUT2D eigenvalue weighted by Crippen LogP contribution is 2.44. The lowest BCUT2D eigenvalue weighted by molar-refractivity contribution is 1.29. The van der Waals surface area contributed by atoms with Crippen LogP contribution in [-0.2, 0) is 0 Å². The van der Waals surface area contributed by atoms with Gasteiger partial charge in [0, 0.05) is 37.2 Å². The van der Waals surface area contributed by atoms with Crippen molar-refractivity contribution in [3.05, 3.63) is 152 Å². The first kappa shape index (κ1) is 26.4. The first-order valence-corrected chi connectivity index (χ1v) is 19.4. The fourth-order valence-electron chi connectivity index (χ4n) is 7.39. The molecule has 1 nitrogen and oxygen atoms in total. The van der Waals surface area contributed by atoms with Crippen molar-refractivity contribution < 1.29 is 0 Å². The van der Waals surface area contributed by atoms with Gasteiger partial charge < -0.3 is 4.90 Å². The highest BCUT2D eigenvalue weighted by Gasteiger charge is 2.39. The molecule has 1 aromatic heterocycles. The van der Waals surface area contributed by atoms with Crippen LogP contribution in [0.15, 0.2) is 152 Å². The van der Waals surface area contributed by atoms with Gasteiger partial charge in [0.05, 0.1) is 0 Å². The molecule has 0 atom stereocenters. The molecule has 0 fully saturated rings. The third kappa shape index (κ3) is 4.12. The number of hydrogen-bond donors (Lipinski definition) is 0. The zero-order valence-electron chi connectivity index (χ0n) is 25.3. The Hall–Kier alpha value is -4.96. The van der Waals surface area contributed by atoms with Crippen LogP contribution in [0.1, 0.15) is 0 Å². The summed E-state index contributed by atoms with van der Waals surface area (Å²) in [4.78, 5) is 2.42. The number of thiophene rings is 1. The van der Waals surface area contributed by atoms with Crippen LogP contribution in [0.4, 0.5) is 17.1 Å². The van der Waals surface area contributed by atoms with Gasteiger partial charge in [-0.3, -0.25) is 0 Å². The molecule has 0 radical (unpaired) electrons. The van der Waals surface area contributed by atoms with E-state index < -0.39 is 8.07 Å². The smallest absolute Gasteiger partial charge is 0.113 e. The van der Waals surface area contributed by atoms with E-state index in [1.54, 1.807) is 5.19 Å². The molecular formula is C42H31NSSi. The Morgan fingerprint density at radius 3 is 2.11 bits per heavy atom. The van der Waals surface area contributed by atoms with Crippen LogP contribution in [0.3, 0.4) is 0 Å². The van der Waals surface area contributed by atoms with Gasteiger partial charge in [-0.1, -0.05) is 110 Å². The van der Waals surface area contributed by atoms with Crippen molar-refractivity contribution in [1.82, 2.24) is 0 Å². The molecule has 3 heteroatoms. The second-order valence-electron chi connectivity index (χ2n) is 12.6. The highest BCUT2D eigenvalue weighted by molar-refractivity contribution is 7.26. The quantitative estimate of drug-likeness (QED) is 0.179. The van der Waals surface area contributed by atoms with Crippen LogP contribution in [0, 0.1) is 0 Å². The molecule has 1 aliphatic heterocycles. The molecule has 0 aliphatic carbocycles. The molecule has 1 aliphatic rings. The zero-order valence-corrected chi connectivity index (χ0v) is 27.1. The van der Waals surface area contributed by atoms with Crippen molar-refractivity contribution in [2.24, 2.45) is 0 Å². The van der Waals surface area contributed by atoms with Gasteiger partial charge in [0.1, 0.15) is 8.07 Å². The summed E-state index contributed by atoms with van der Waals surface area (Å²) in [6, 6.07) is 56.1. The molecule has 2 heterocycles. The average Bonchev–Trinajstić information content (AvgIpc) is 3.57. The Kier molecular flexibility index (Phi) is 5.89. The van der Waals surface area contributed by atoms with Gasteiger partial charge in [-0.05, 0) is 98.0 Å². The van der Waals surface area contributed by atoms with E-state index in [0.29, 0.717) is 0 Å². The molecule has 8 aromatic rings. The zero-order chi connectivity index (χ0) is 30.1. The van der Waals surface area contributed by atoms with Crippen LogP contribution in [0.2, 0.25) is 13.1 Å². The lowest BCUT2D eigenvalue weighted by Crippen LogP contribution is -2.49. The topological polar surface area (TPSA) is 3.24 Å². The predicted octanol–water partition coefficient (Wildman–Crippen LogP) is 11.1. The highest BCUT2D eigenvalue weighted by atomic mass is 32.1. The second-order valence-corrected chi connectivity index (χ2v) is 18.0. The van der Waals surface area contributed by atoms with E-state index in [2.05, 4.69) is 170 Å². The maximum absolute atomic E-state index is 2.52. The predicted molar refractivity (Wildman–Crippen MR) is 199 cm³/mol. The molecule has 0 unspecified atom stereocenters. The fraction of sp³-hybridized carbons (Fsp3) is 0.0476. The van der Waals surface area contributed by atoms with Gasteiger partial charge in [0.15, 0.2) is 0 Å². The molecule has 0 amide bonds. The first-order chi connectivity index (χ1) is 22.1. The monoisotopic (exact) mass is 609 g/mol. The summed E-state index contributed by atoms with van der Waals surface area (Å²) < 4.78 is 2.75. The average molecular weight is 610 g/mol. The minimum atomic E-state index is -1.95. The summed E-state index contributed by atoms with van der Waals surface area (Å²) in [6.07, 6.45) is 0. The van der Waals surface area contributed by atoms with Gasteiger partial charge in [-0.25, -0.2) is 0 Å². The Morgan fingerprint density at radius 2 is 1.22 bits per heavy atom. The van der Waals surface area contributed by atoms with Crippen molar-refractivity contribution >= 4 is 77.8 Å². The standard InChI is InChI=1S/C42H31NSSi/c1-45(2)39-24-23-38-41(35-17-8-9-18-37(35)44-38)42(39)36-22-21-34(27-40(36)45)43(32-14-4-3-5-15-32)33-16-10-13-30(26-33)31-20-19-28-11-6-7-12-29(28)25-31/h3-27H,1-2H3. The number of anilines is 3. The molecule has 7 aromatic carbocycles. The molecule has 0 saturated carbocycles. The van der Waals surface area contributed by atoms with E-state index in [1.165, 1.54) is 64.1 Å². The van der Waals surface area contributed by atoms with Crippen LogP contribution < -0.4 is 15.3 Å². The minimum Gasteiger partial charge on any atom is -0.310 e. The summed E-state index contributed by atoms with van der Waals surface area (Å²) in [7, 11) is -1.95. The van der Waals surface area contributed by atoms with E-state index >= 15 is 0 Å². The van der Waals surface area contributed by atoms with Gasteiger partial charge in [0.2, 0.25) is 0 Å². The maximum Gasteiger partial charge on any atom is 0.113 e. The molecule has 0 saturated heterocycles. The lowest BCUT2D eigenvalue weighted by atomic mass is 9.98. The molecule has 45 heavy (non-hydrogen) atoms. The number of fused-ring (bicyclic) bond motifs is 8. The van der Waals surface area contributed by atoms with Crippen molar-refractivity contribution in [2.45, 2.75) is 13.1 Å². The Bertz CT molecular complexity index is 2420. The maximum atomic E-state index is 2.52. The molecule has 9 rings (SSSR count). The molecule has 0 spiro atoms. The Labute approximate surface area is 268 Å². The fourth-order valence-corrected chi connectivity index (χ4v) is 11.6. The van der Waals surface area contributed by atoms with E-state index in [1.807, 2.05) is 11.3 Å². The van der Waals surface area contributed by atoms with Crippen molar-refractivity contribution in [3.63, 3.8) is 0 Å². The summed E-state index contributed by atoms with van der Waals surface area (Å²) in [6.45, 7) is 5.05. The van der Waals surface area contributed by atoms with Gasteiger partial charge in [-0.15, -0.1) is 11.3 Å². The number of nitrogens with zero attached hydrogens (tertiary/aromatic N) is 1. The van der Waals surface area contributed by atoms with E-state index in [-0.39, 0.29) is 0 Å². The molecule has 0 N–H and O–H groups in total. The van der Waals surface area contributed by atoms with Crippen molar-refractivity contribution in [1.29, 1.82) is 0 Å². The van der Waals surface area contributed by atoms with Gasteiger partial charge in [-0.2, -0.15) is 0 Å².